The quantitative estimate of drug-likeness (QED) is 0.878. The van der Waals surface area contributed by atoms with Gasteiger partial charge in [-0.1, -0.05) is 0 Å². The minimum Gasteiger partial charge on any atom is -0.368 e. The first-order valence-electron chi connectivity index (χ1n) is 6.31. The van der Waals surface area contributed by atoms with Crippen LogP contribution in [-0.2, 0) is 6.42 Å². The number of hydrogen-bond donors (Lipinski definition) is 2. The van der Waals surface area contributed by atoms with Crippen molar-refractivity contribution in [3.8, 4) is 0 Å². The van der Waals surface area contributed by atoms with Gasteiger partial charge in [0.15, 0.2) is 0 Å². The van der Waals surface area contributed by atoms with Crippen molar-refractivity contribution < 1.29 is 0 Å². The average Bonchev–Trinajstić information content (AvgIpc) is 2.65. The molecule has 102 valence electrons. The van der Waals surface area contributed by atoms with E-state index in [-0.39, 0.29) is 5.95 Å². The van der Waals surface area contributed by atoms with Gasteiger partial charge in [-0.2, -0.15) is 4.98 Å². The van der Waals surface area contributed by atoms with Crippen LogP contribution in [0.5, 0.6) is 0 Å². The molecule has 2 rings (SSSR count). The number of nitrogens with two attached hydrogens (primary N) is 1. The van der Waals surface area contributed by atoms with Gasteiger partial charge in [-0.05, 0) is 45.2 Å². The smallest absolute Gasteiger partial charge is 0.227 e. The monoisotopic (exact) mass is 277 g/mol. The lowest BCUT2D eigenvalue weighted by Gasteiger charge is -2.13. The summed E-state index contributed by atoms with van der Waals surface area (Å²) in [5.74, 6) is 0.784. The normalized spacial score (nSPS) is 12.4. The highest BCUT2D eigenvalue weighted by Crippen LogP contribution is 2.22. The number of thiophene rings is 1. The van der Waals surface area contributed by atoms with Crippen molar-refractivity contribution in [2.24, 2.45) is 0 Å². The Hall–Kier alpha value is -1.69. The molecule has 2 aromatic heterocycles. The molecule has 19 heavy (non-hydrogen) atoms. The third-order valence-corrected chi connectivity index (χ3v) is 3.96. The summed E-state index contributed by atoms with van der Waals surface area (Å²) >= 11 is 1.86. The fraction of sp³-hybridized carbons (Fsp3) is 0.462. The summed E-state index contributed by atoms with van der Waals surface area (Å²) in [6, 6.07) is 2.56. The van der Waals surface area contributed by atoms with Crippen LogP contribution >= 0.6 is 11.3 Å². The van der Waals surface area contributed by atoms with Crippen molar-refractivity contribution in [3.63, 3.8) is 0 Å². The Labute approximate surface area is 117 Å². The van der Waals surface area contributed by atoms with E-state index in [2.05, 4.69) is 47.1 Å². The minimum atomic E-state index is 0.244. The maximum Gasteiger partial charge on any atom is 0.227 e. The Morgan fingerprint density at radius 3 is 2.79 bits per heavy atom. The number of nitrogens with one attached hydrogen (secondary N) is 1. The highest BCUT2D eigenvalue weighted by Gasteiger charge is 2.08. The van der Waals surface area contributed by atoms with E-state index in [0.717, 1.165) is 12.8 Å². The second-order valence-electron chi connectivity index (χ2n) is 4.69. The molecular formula is C13H19N5S. The lowest BCUT2D eigenvalue weighted by atomic mass is 10.1. The van der Waals surface area contributed by atoms with Crippen LogP contribution in [0.15, 0.2) is 12.4 Å². The molecule has 0 aliphatic heterocycles. The van der Waals surface area contributed by atoms with Gasteiger partial charge in [0.05, 0.1) is 0 Å². The fourth-order valence-corrected chi connectivity index (χ4v) is 2.95. The van der Waals surface area contributed by atoms with Crippen molar-refractivity contribution in [1.82, 2.24) is 15.0 Å². The first kappa shape index (κ1) is 13.7. The molecule has 0 saturated heterocycles. The van der Waals surface area contributed by atoms with Crippen LogP contribution in [0.3, 0.4) is 0 Å². The minimum absolute atomic E-state index is 0.244. The van der Waals surface area contributed by atoms with E-state index >= 15 is 0 Å². The summed E-state index contributed by atoms with van der Waals surface area (Å²) in [6.07, 6.45) is 3.51. The third-order valence-electron chi connectivity index (χ3n) is 2.96. The van der Waals surface area contributed by atoms with Gasteiger partial charge in [0.25, 0.3) is 0 Å². The van der Waals surface area contributed by atoms with E-state index < -0.39 is 0 Å². The Morgan fingerprint density at radius 1 is 1.37 bits per heavy atom. The van der Waals surface area contributed by atoms with Crippen molar-refractivity contribution >= 4 is 23.2 Å². The van der Waals surface area contributed by atoms with E-state index in [1.807, 2.05) is 11.3 Å². The van der Waals surface area contributed by atoms with Gasteiger partial charge in [0, 0.05) is 15.8 Å². The van der Waals surface area contributed by atoms with E-state index in [1.54, 1.807) is 0 Å². The standard InChI is InChI=1S/C13H19N5S/c1-8(17-13-16-7-15-12(14)18-13)4-5-11-6-9(2)19-10(11)3/h6-8H,4-5H2,1-3H3,(H3,14,15,16,17,18). The largest absolute Gasteiger partial charge is 0.368 e. The predicted octanol–water partition coefficient (Wildman–Crippen LogP) is 2.57. The molecule has 0 radical (unpaired) electrons. The number of nitrogens with zero attached hydrogens (tertiary/aromatic N) is 3. The van der Waals surface area contributed by atoms with Crippen LogP contribution in [-0.4, -0.2) is 21.0 Å². The van der Waals surface area contributed by atoms with Crippen molar-refractivity contribution in [2.45, 2.75) is 39.7 Å². The van der Waals surface area contributed by atoms with Crippen LogP contribution in [0.4, 0.5) is 11.9 Å². The Morgan fingerprint density at radius 2 is 2.16 bits per heavy atom. The molecule has 0 spiro atoms. The van der Waals surface area contributed by atoms with Gasteiger partial charge in [0.2, 0.25) is 11.9 Å². The molecule has 0 aliphatic carbocycles. The first-order valence-corrected chi connectivity index (χ1v) is 7.13. The predicted molar refractivity (Wildman–Crippen MR) is 79.4 cm³/mol. The number of aromatic nitrogens is 3. The van der Waals surface area contributed by atoms with Crippen LogP contribution in [0.25, 0.3) is 0 Å². The molecule has 2 aromatic rings. The van der Waals surface area contributed by atoms with E-state index in [0.29, 0.717) is 12.0 Å². The van der Waals surface area contributed by atoms with Crippen molar-refractivity contribution in [1.29, 1.82) is 0 Å². The number of nitrogen functional groups attached to an aromatic ring is 1. The molecular weight excluding hydrogens is 258 g/mol. The van der Waals surface area contributed by atoms with Gasteiger partial charge < -0.3 is 11.1 Å². The summed E-state index contributed by atoms with van der Waals surface area (Å²) in [5, 5.41) is 3.24. The van der Waals surface area contributed by atoms with Gasteiger partial charge in [-0.25, -0.2) is 9.97 Å². The molecule has 0 aliphatic rings. The van der Waals surface area contributed by atoms with Gasteiger partial charge in [-0.15, -0.1) is 11.3 Å². The van der Waals surface area contributed by atoms with Crippen LogP contribution < -0.4 is 11.1 Å². The zero-order valence-corrected chi connectivity index (χ0v) is 12.3. The first-order chi connectivity index (χ1) is 9.04. The van der Waals surface area contributed by atoms with E-state index in [9.17, 15) is 0 Å². The van der Waals surface area contributed by atoms with Gasteiger partial charge >= 0.3 is 0 Å². The van der Waals surface area contributed by atoms with E-state index in [4.69, 9.17) is 5.73 Å². The topological polar surface area (TPSA) is 76.7 Å². The molecule has 0 bridgehead atoms. The number of rotatable bonds is 5. The zero-order valence-electron chi connectivity index (χ0n) is 11.5. The molecule has 0 aromatic carbocycles. The van der Waals surface area contributed by atoms with E-state index in [1.165, 1.54) is 21.6 Å². The maximum absolute atomic E-state index is 5.52. The molecule has 1 unspecified atom stereocenters. The second kappa shape index (κ2) is 5.97. The maximum atomic E-state index is 5.52. The highest BCUT2D eigenvalue weighted by atomic mass is 32.1. The lowest BCUT2D eigenvalue weighted by molar-refractivity contribution is 0.697. The molecule has 6 heteroatoms. The van der Waals surface area contributed by atoms with Crippen LogP contribution in [0.2, 0.25) is 0 Å². The fourth-order valence-electron chi connectivity index (χ4n) is 1.97. The summed E-state index contributed by atoms with van der Waals surface area (Å²) in [5.41, 5.74) is 6.96. The lowest BCUT2D eigenvalue weighted by Crippen LogP contribution is -2.18. The average molecular weight is 277 g/mol. The van der Waals surface area contributed by atoms with Gasteiger partial charge in [-0.3, -0.25) is 0 Å². The molecule has 2 heterocycles. The summed E-state index contributed by atoms with van der Waals surface area (Å²) < 4.78 is 0. The second-order valence-corrected chi connectivity index (χ2v) is 6.15. The summed E-state index contributed by atoms with van der Waals surface area (Å²) in [4.78, 5) is 14.6. The van der Waals surface area contributed by atoms with Gasteiger partial charge in [0.1, 0.15) is 6.33 Å². The Bertz CT molecular complexity index is 552. The van der Waals surface area contributed by atoms with Crippen molar-refractivity contribution in [2.75, 3.05) is 11.1 Å². The summed E-state index contributed by atoms with van der Waals surface area (Å²) in [7, 11) is 0. The zero-order chi connectivity index (χ0) is 13.8. The molecule has 0 fully saturated rings. The van der Waals surface area contributed by atoms with Crippen LogP contribution in [0.1, 0.15) is 28.7 Å². The highest BCUT2D eigenvalue weighted by molar-refractivity contribution is 7.12. The molecule has 5 nitrogen and oxygen atoms in total. The number of aryl methyl sites for hydroxylation is 3. The Kier molecular flexibility index (Phi) is 4.31. The Balaban J connectivity index is 1.88. The number of anilines is 2. The molecule has 0 amide bonds. The molecule has 1 atom stereocenters. The molecule has 0 saturated carbocycles. The third kappa shape index (κ3) is 3.89. The summed E-state index contributed by atoms with van der Waals surface area (Å²) in [6.45, 7) is 6.45. The molecule has 3 N–H and O–H groups in total. The SMILES string of the molecule is Cc1cc(CCC(C)Nc2ncnc(N)n2)c(C)s1. The van der Waals surface area contributed by atoms with Crippen molar-refractivity contribution in [3.05, 3.63) is 27.7 Å². The van der Waals surface area contributed by atoms with Crippen LogP contribution in [0, 0.1) is 13.8 Å². The number of hydrogen-bond acceptors (Lipinski definition) is 6.